The number of amides is 4. The second kappa shape index (κ2) is 11.0. The number of imide groups is 1. The lowest BCUT2D eigenvalue weighted by Gasteiger charge is -2.29. The van der Waals surface area contributed by atoms with Crippen LogP contribution in [0.1, 0.15) is 0 Å². The van der Waals surface area contributed by atoms with Gasteiger partial charge in [-0.25, -0.2) is 4.79 Å². The highest BCUT2D eigenvalue weighted by molar-refractivity contribution is 5.95. The van der Waals surface area contributed by atoms with Gasteiger partial charge in [-0.15, -0.1) is 19.0 Å². The Labute approximate surface area is 136 Å². The van der Waals surface area contributed by atoms with Gasteiger partial charge in [-0.3, -0.25) is 19.8 Å². The lowest BCUT2D eigenvalue weighted by molar-refractivity contribution is -0.133. The first-order chi connectivity index (χ1) is 10.0. The Bertz CT molecular complexity index is 399. The molecular formula is C13H24ClN5O3. The third kappa shape index (κ3) is 7.96. The van der Waals surface area contributed by atoms with E-state index in [1.807, 2.05) is 0 Å². The zero-order valence-electron chi connectivity index (χ0n) is 12.8. The Balaban J connectivity index is 0.00000441. The first kappa shape index (κ1) is 20.4. The molecule has 3 N–H and O–H groups in total. The zero-order chi connectivity index (χ0) is 15.7. The molecule has 0 spiro atoms. The average molecular weight is 334 g/mol. The maximum Gasteiger partial charge on any atom is 0.321 e. The fraction of sp³-hybridized carbons (Fsp3) is 0.615. The number of likely N-dealkylation sites (N-methyl/N-ethyl adjacent to an activating group) is 1. The van der Waals surface area contributed by atoms with Crippen LogP contribution in [0, 0.1) is 0 Å². The first-order valence-corrected chi connectivity index (χ1v) is 6.88. The Morgan fingerprint density at radius 3 is 2.50 bits per heavy atom. The minimum Gasteiger partial charge on any atom is -0.339 e. The van der Waals surface area contributed by atoms with Crippen LogP contribution in [0.4, 0.5) is 4.79 Å². The van der Waals surface area contributed by atoms with Crippen LogP contribution in [0.25, 0.3) is 0 Å². The van der Waals surface area contributed by atoms with Crippen LogP contribution in [0.15, 0.2) is 12.7 Å². The highest BCUT2D eigenvalue weighted by Crippen LogP contribution is 1.95. The second-order valence-electron chi connectivity index (χ2n) is 4.85. The summed E-state index contributed by atoms with van der Waals surface area (Å²) in [6.45, 7) is 6.83. The van der Waals surface area contributed by atoms with Crippen molar-refractivity contribution in [3.8, 4) is 0 Å². The van der Waals surface area contributed by atoms with E-state index in [1.165, 1.54) is 6.08 Å². The van der Waals surface area contributed by atoms with Crippen LogP contribution < -0.4 is 16.0 Å². The number of carbonyl (C=O) groups excluding carboxylic acids is 3. The van der Waals surface area contributed by atoms with Crippen LogP contribution in [-0.4, -0.2) is 80.5 Å². The highest BCUT2D eigenvalue weighted by atomic mass is 35.5. The van der Waals surface area contributed by atoms with Gasteiger partial charge in [-0.1, -0.05) is 6.08 Å². The first-order valence-electron chi connectivity index (χ1n) is 6.88. The molecule has 0 aromatic carbocycles. The summed E-state index contributed by atoms with van der Waals surface area (Å²) in [6, 6.07) is -0.568. The van der Waals surface area contributed by atoms with Crippen LogP contribution in [0.3, 0.4) is 0 Å². The molecule has 0 unspecified atom stereocenters. The third-order valence-corrected chi connectivity index (χ3v) is 2.95. The van der Waals surface area contributed by atoms with Crippen LogP contribution >= 0.6 is 12.4 Å². The van der Waals surface area contributed by atoms with E-state index in [0.717, 1.165) is 13.1 Å². The van der Waals surface area contributed by atoms with Gasteiger partial charge in [0.1, 0.15) is 0 Å². The van der Waals surface area contributed by atoms with Crippen molar-refractivity contribution in [3.63, 3.8) is 0 Å². The number of nitrogens with zero attached hydrogens (tertiary/aromatic N) is 2. The number of rotatable bonds is 6. The number of hydrogen-bond acceptors (Lipinski definition) is 5. The summed E-state index contributed by atoms with van der Waals surface area (Å²) in [4.78, 5) is 38.2. The predicted octanol–water partition coefficient (Wildman–Crippen LogP) is -1.22. The molecule has 4 amide bonds. The van der Waals surface area contributed by atoms with E-state index in [4.69, 9.17) is 0 Å². The molecule has 8 nitrogen and oxygen atoms in total. The van der Waals surface area contributed by atoms with Gasteiger partial charge in [-0.2, -0.15) is 0 Å². The smallest absolute Gasteiger partial charge is 0.321 e. The van der Waals surface area contributed by atoms with E-state index in [2.05, 4.69) is 22.5 Å². The molecule has 126 valence electrons. The monoisotopic (exact) mass is 333 g/mol. The van der Waals surface area contributed by atoms with Crippen molar-refractivity contribution in [1.29, 1.82) is 0 Å². The van der Waals surface area contributed by atoms with E-state index in [-0.39, 0.29) is 37.9 Å². The van der Waals surface area contributed by atoms with Crippen molar-refractivity contribution in [2.75, 3.05) is 52.9 Å². The lowest BCUT2D eigenvalue weighted by Crippen LogP contribution is -2.50. The molecule has 9 heteroatoms. The molecule has 1 fully saturated rings. The van der Waals surface area contributed by atoms with Gasteiger partial charge in [0.25, 0.3) is 0 Å². The van der Waals surface area contributed by atoms with E-state index in [9.17, 15) is 14.4 Å². The summed E-state index contributed by atoms with van der Waals surface area (Å²) in [5.41, 5.74) is 0. The molecule has 22 heavy (non-hydrogen) atoms. The molecule has 0 radical (unpaired) electrons. The topological polar surface area (TPSA) is 93.8 Å². The molecule has 0 atom stereocenters. The van der Waals surface area contributed by atoms with E-state index >= 15 is 0 Å². The van der Waals surface area contributed by atoms with Gasteiger partial charge in [-0.05, 0) is 7.05 Å². The van der Waals surface area contributed by atoms with E-state index < -0.39 is 11.9 Å². The largest absolute Gasteiger partial charge is 0.339 e. The molecule has 0 aliphatic carbocycles. The number of piperazine rings is 1. The summed E-state index contributed by atoms with van der Waals surface area (Å²) in [6.07, 6.45) is 1.52. The standard InChI is InChI=1S/C13H23N5O3.ClH/c1-3-4-15-13(21)16-11(19)9-17(2)10-12(20)18-7-5-14-6-8-18;/h3,14H,1,4-10H2,2H3,(H2,15,16,19,21);1H. The van der Waals surface area contributed by atoms with Crippen molar-refractivity contribution in [2.45, 2.75) is 0 Å². The van der Waals surface area contributed by atoms with E-state index in [1.54, 1.807) is 16.8 Å². The number of urea groups is 1. The molecule has 1 heterocycles. The Morgan fingerprint density at radius 1 is 1.27 bits per heavy atom. The second-order valence-corrected chi connectivity index (χ2v) is 4.85. The van der Waals surface area contributed by atoms with Gasteiger partial charge in [0.15, 0.2) is 0 Å². The van der Waals surface area contributed by atoms with Crippen molar-refractivity contribution in [1.82, 2.24) is 25.8 Å². The molecule has 0 bridgehead atoms. The maximum atomic E-state index is 12.0. The van der Waals surface area contributed by atoms with Crippen molar-refractivity contribution in [2.24, 2.45) is 0 Å². The number of carbonyl (C=O) groups is 3. The summed E-state index contributed by atoms with van der Waals surface area (Å²) in [7, 11) is 1.67. The van der Waals surface area contributed by atoms with Gasteiger partial charge in [0.2, 0.25) is 11.8 Å². The normalized spacial score (nSPS) is 14.0. The zero-order valence-corrected chi connectivity index (χ0v) is 13.6. The number of hydrogen-bond donors (Lipinski definition) is 3. The summed E-state index contributed by atoms with van der Waals surface area (Å²) in [5, 5.41) is 7.79. The molecule has 1 rings (SSSR count). The van der Waals surface area contributed by atoms with Gasteiger partial charge >= 0.3 is 6.03 Å². The van der Waals surface area contributed by atoms with Crippen molar-refractivity contribution in [3.05, 3.63) is 12.7 Å². The molecule has 0 aromatic rings. The highest BCUT2D eigenvalue weighted by Gasteiger charge is 2.19. The van der Waals surface area contributed by atoms with Crippen LogP contribution in [0.5, 0.6) is 0 Å². The lowest BCUT2D eigenvalue weighted by atomic mass is 10.3. The summed E-state index contributed by atoms with van der Waals surface area (Å²) in [5.74, 6) is -0.463. The number of nitrogens with one attached hydrogen (secondary N) is 3. The fourth-order valence-corrected chi connectivity index (χ4v) is 1.92. The quantitative estimate of drug-likeness (QED) is 0.530. The van der Waals surface area contributed by atoms with Gasteiger partial charge < -0.3 is 15.5 Å². The molecule has 1 aliphatic heterocycles. The Morgan fingerprint density at radius 2 is 1.91 bits per heavy atom. The molecule has 0 saturated carbocycles. The summed E-state index contributed by atoms with van der Waals surface area (Å²) >= 11 is 0. The Kier molecular flexibility index (Phi) is 10.2. The predicted molar refractivity (Wildman–Crippen MR) is 85.9 cm³/mol. The van der Waals surface area contributed by atoms with Gasteiger partial charge in [0.05, 0.1) is 13.1 Å². The van der Waals surface area contributed by atoms with Crippen LogP contribution in [-0.2, 0) is 9.59 Å². The van der Waals surface area contributed by atoms with E-state index in [0.29, 0.717) is 13.1 Å². The summed E-state index contributed by atoms with van der Waals surface area (Å²) < 4.78 is 0. The third-order valence-electron chi connectivity index (χ3n) is 2.95. The van der Waals surface area contributed by atoms with Crippen LogP contribution in [0.2, 0.25) is 0 Å². The average Bonchev–Trinajstić information content (AvgIpc) is 2.45. The molecular weight excluding hydrogens is 310 g/mol. The van der Waals surface area contributed by atoms with Crippen molar-refractivity contribution < 1.29 is 14.4 Å². The Hall–Kier alpha value is -1.64. The molecule has 0 aromatic heterocycles. The van der Waals surface area contributed by atoms with Gasteiger partial charge in [0, 0.05) is 32.7 Å². The molecule has 1 saturated heterocycles. The minimum absolute atomic E-state index is 0. The fourth-order valence-electron chi connectivity index (χ4n) is 1.92. The minimum atomic E-state index is -0.568. The maximum absolute atomic E-state index is 12.0. The number of halogens is 1. The SMILES string of the molecule is C=CCNC(=O)NC(=O)CN(C)CC(=O)N1CCNCC1.Cl. The van der Waals surface area contributed by atoms with Crippen molar-refractivity contribution >= 4 is 30.3 Å². The molecule has 1 aliphatic rings.